The highest BCUT2D eigenvalue weighted by Gasteiger charge is 2.25. The van der Waals surface area contributed by atoms with Gasteiger partial charge in [0.25, 0.3) is 0 Å². The molecule has 5 N–H and O–H groups in total. The van der Waals surface area contributed by atoms with E-state index in [0.717, 1.165) is 12.8 Å². The van der Waals surface area contributed by atoms with E-state index in [1.54, 1.807) is 23.0 Å². The number of nitrogens with zero attached hydrogens (tertiary/aromatic N) is 4. The third-order valence-corrected chi connectivity index (χ3v) is 5.93. The third-order valence-electron chi connectivity index (χ3n) is 5.09. The summed E-state index contributed by atoms with van der Waals surface area (Å²) in [4.78, 5) is 24.5. The van der Waals surface area contributed by atoms with E-state index in [0.29, 0.717) is 70.4 Å². The fraction of sp³-hybridized carbons (Fsp3) is 0.400. The lowest BCUT2D eigenvalue weighted by molar-refractivity contribution is -0.122. The van der Waals surface area contributed by atoms with Crippen molar-refractivity contribution in [2.45, 2.75) is 44.3 Å². The lowest BCUT2D eigenvalue weighted by Crippen LogP contribution is -2.41. The van der Waals surface area contributed by atoms with Gasteiger partial charge in [-0.05, 0) is 37.8 Å². The Morgan fingerprint density at radius 1 is 1.29 bits per heavy atom. The molecule has 1 aliphatic rings. The van der Waals surface area contributed by atoms with Crippen LogP contribution in [0.1, 0.15) is 31.2 Å². The predicted molar refractivity (Wildman–Crippen MR) is 119 cm³/mol. The number of nitrogen functional groups attached to an aromatic ring is 1. The zero-order chi connectivity index (χ0) is 22.0. The van der Waals surface area contributed by atoms with Gasteiger partial charge >= 0.3 is 0 Å². The molecule has 31 heavy (non-hydrogen) atoms. The smallest absolute Gasteiger partial charge is 0.237 e. The number of imidazole rings is 1. The second-order valence-corrected chi connectivity index (χ2v) is 8.31. The van der Waals surface area contributed by atoms with Crippen LogP contribution in [0.3, 0.4) is 0 Å². The normalized spacial score (nSPS) is 14.5. The zero-order valence-corrected chi connectivity index (χ0v) is 18.2. The topological polar surface area (TPSA) is 134 Å². The largest absolute Gasteiger partial charge is 0.493 e. The van der Waals surface area contributed by atoms with Crippen LogP contribution in [-0.4, -0.2) is 44.1 Å². The number of ether oxygens (including phenoxy) is 1. The van der Waals surface area contributed by atoms with Crippen LogP contribution in [0.2, 0.25) is 10.0 Å². The highest BCUT2D eigenvalue weighted by atomic mass is 35.5. The first-order chi connectivity index (χ1) is 14.9. The zero-order valence-electron chi connectivity index (χ0n) is 16.7. The van der Waals surface area contributed by atoms with Crippen LogP contribution in [0.25, 0.3) is 11.2 Å². The summed E-state index contributed by atoms with van der Waals surface area (Å²) in [7, 11) is 0. The number of carbonyl (C=O) groups is 1. The average molecular weight is 464 g/mol. The van der Waals surface area contributed by atoms with Crippen molar-refractivity contribution < 1.29 is 9.53 Å². The average Bonchev–Trinajstić information content (AvgIpc) is 3.47. The number of hydrogen-bond donors (Lipinski definition) is 3. The Bertz CT molecular complexity index is 1100. The van der Waals surface area contributed by atoms with Crippen LogP contribution in [-0.2, 0) is 11.3 Å². The number of fused-ring (bicyclic) bond motifs is 1. The van der Waals surface area contributed by atoms with Gasteiger partial charge in [0.2, 0.25) is 5.91 Å². The molecule has 1 amide bonds. The molecule has 164 valence electrons. The first-order valence-electron chi connectivity index (χ1n) is 10.0. The number of hydrogen-bond acceptors (Lipinski definition) is 7. The van der Waals surface area contributed by atoms with Gasteiger partial charge in [-0.1, -0.05) is 23.2 Å². The molecule has 0 radical (unpaired) electrons. The Hall–Kier alpha value is -2.62. The number of benzene rings is 1. The number of nitrogens with two attached hydrogens (primary N) is 2. The summed E-state index contributed by atoms with van der Waals surface area (Å²) in [6.07, 6.45) is 6.22. The quantitative estimate of drug-likeness (QED) is 0.415. The molecule has 4 rings (SSSR count). The van der Waals surface area contributed by atoms with Crippen molar-refractivity contribution in [1.82, 2.24) is 24.8 Å². The van der Waals surface area contributed by atoms with Crippen molar-refractivity contribution in [1.29, 1.82) is 0 Å². The number of rotatable bonds is 9. The molecule has 0 saturated heterocycles. The maximum absolute atomic E-state index is 12.0. The molecule has 1 aliphatic carbocycles. The minimum atomic E-state index is -0.542. The Morgan fingerprint density at radius 3 is 2.87 bits per heavy atom. The Balaban J connectivity index is 1.43. The van der Waals surface area contributed by atoms with Crippen LogP contribution in [0.5, 0.6) is 5.75 Å². The minimum absolute atomic E-state index is 0.106. The molecular weight excluding hydrogens is 441 g/mol. The fourth-order valence-electron chi connectivity index (χ4n) is 3.19. The summed E-state index contributed by atoms with van der Waals surface area (Å²) in [5.74, 6) is 0.791. The Labute approximate surface area is 189 Å². The van der Waals surface area contributed by atoms with E-state index >= 15 is 0 Å². The highest BCUT2D eigenvalue weighted by Crippen LogP contribution is 2.34. The monoisotopic (exact) mass is 463 g/mol. The molecule has 1 aromatic carbocycles. The maximum Gasteiger partial charge on any atom is 0.237 e. The van der Waals surface area contributed by atoms with Crippen molar-refractivity contribution in [3.63, 3.8) is 0 Å². The lowest BCUT2D eigenvalue weighted by Gasteiger charge is -2.16. The summed E-state index contributed by atoms with van der Waals surface area (Å²) in [5, 5.41) is 3.72. The van der Waals surface area contributed by atoms with Crippen molar-refractivity contribution in [3.05, 3.63) is 40.4 Å². The molecule has 9 nitrogen and oxygen atoms in total. The van der Waals surface area contributed by atoms with Crippen molar-refractivity contribution >= 4 is 46.1 Å². The number of halogens is 2. The number of carbonyl (C=O) groups excluding carboxylic acids is 1. The van der Waals surface area contributed by atoms with Gasteiger partial charge in [0.15, 0.2) is 11.5 Å². The molecule has 0 aliphatic heterocycles. The number of anilines is 1. The standard InChI is InChI=1S/C20H23Cl2N7O2/c21-13-5-6-15(31-7-1-2-14(23)20(30)28-11-3-4-11)12(16(13)22)8-29-10-27-17-18(24)25-9-26-19(17)29/h5-6,9-11,14H,1-4,7-8,23H2,(H,28,30)(H2,24,25,26). The van der Waals surface area contributed by atoms with Crippen molar-refractivity contribution in [3.8, 4) is 5.75 Å². The van der Waals surface area contributed by atoms with E-state index < -0.39 is 6.04 Å². The molecule has 2 heterocycles. The van der Waals surface area contributed by atoms with E-state index in [1.807, 2.05) is 0 Å². The van der Waals surface area contributed by atoms with Crippen LogP contribution < -0.4 is 21.5 Å². The molecule has 1 saturated carbocycles. The van der Waals surface area contributed by atoms with E-state index in [9.17, 15) is 4.79 Å². The number of amides is 1. The van der Waals surface area contributed by atoms with Gasteiger partial charge in [-0.3, -0.25) is 4.79 Å². The molecule has 11 heteroatoms. The molecule has 0 bridgehead atoms. The van der Waals surface area contributed by atoms with Gasteiger partial charge in [-0.25, -0.2) is 15.0 Å². The van der Waals surface area contributed by atoms with Gasteiger partial charge in [0.1, 0.15) is 17.6 Å². The highest BCUT2D eigenvalue weighted by molar-refractivity contribution is 6.42. The summed E-state index contributed by atoms with van der Waals surface area (Å²) < 4.78 is 7.76. The maximum atomic E-state index is 12.0. The summed E-state index contributed by atoms with van der Waals surface area (Å²) in [5.41, 5.74) is 13.6. The van der Waals surface area contributed by atoms with Gasteiger partial charge in [0, 0.05) is 11.6 Å². The number of nitrogens with one attached hydrogen (secondary N) is 1. The van der Waals surface area contributed by atoms with Gasteiger partial charge < -0.3 is 26.1 Å². The molecule has 1 atom stereocenters. The molecule has 2 aromatic heterocycles. The molecule has 3 aromatic rings. The summed E-state index contributed by atoms with van der Waals surface area (Å²) >= 11 is 12.7. The fourth-order valence-corrected chi connectivity index (χ4v) is 3.59. The molecule has 0 spiro atoms. The first-order valence-corrected chi connectivity index (χ1v) is 10.8. The van der Waals surface area contributed by atoms with E-state index in [1.165, 1.54) is 6.33 Å². The van der Waals surface area contributed by atoms with E-state index in [4.69, 9.17) is 39.4 Å². The SMILES string of the molecule is Nc1ncnc2c1ncn2Cc1c(OCCCC(N)C(=O)NC2CC2)ccc(Cl)c1Cl. The van der Waals surface area contributed by atoms with Crippen LogP contribution >= 0.6 is 23.2 Å². The van der Waals surface area contributed by atoms with Gasteiger partial charge in [-0.2, -0.15) is 0 Å². The van der Waals surface area contributed by atoms with Crippen LogP contribution in [0.4, 0.5) is 5.82 Å². The second kappa shape index (κ2) is 9.25. The second-order valence-electron chi connectivity index (χ2n) is 7.52. The van der Waals surface area contributed by atoms with E-state index in [-0.39, 0.29) is 5.91 Å². The predicted octanol–water partition coefficient (Wildman–Crippen LogP) is 2.53. The van der Waals surface area contributed by atoms with Crippen LogP contribution in [0, 0.1) is 0 Å². The Morgan fingerprint density at radius 2 is 2.10 bits per heavy atom. The van der Waals surface area contributed by atoms with Crippen molar-refractivity contribution in [2.75, 3.05) is 12.3 Å². The van der Waals surface area contributed by atoms with Crippen LogP contribution in [0.15, 0.2) is 24.8 Å². The molecule has 1 fully saturated rings. The molecular formula is C20H23Cl2N7O2. The van der Waals surface area contributed by atoms with E-state index in [2.05, 4.69) is 20.3 Å². The Kier molecular flexibility index (Phi) is 6.45. The summed E-state index contributed by atoms with van der Waals surface area (Å²) in [6, 6.07) is 3.21. The van der Waals surface area contributed by atoms with Gasteiger partial charge in [0.05, 0.1) is 35.6 Å². The third kappa shape index (κ3) is 5.00. The lowest BCUT2D eigenvalue weighted by atomic mass is 10.1. The first kappa shape index (κ1) is 21.6. The number of aromatic nitrogens is 4. The molecule has 1 unspecified atom stereocenters. The summed E-state index contributed by atoms with van der Waals surface area (Å²) in [6.45, 7) is 0.722. The minimum Gasteiger partial charge on any atom is -0.493 e. The van der Waals surface area contributed by atoms with Gasteiger partial charge in [-0.15, -0.1) is 0 Å². The van der Waals surface area contributed by atoms with Crippen molar-refractivity contribution in [2.24, 2.45) is 5.73 Å².